The van der Waals surface area contributed by atoms with Gasteiger partial charge in [0.05, 0.1) is 16.3 Å². The highest BCUT2D eigenvalue weighted by Crippen LogP contribution is 2.28. The number of rotatable bonds is 8. The highest BCUT2D eigenvalue weighted by molar-refractivity contribution is 7.92. The maximum Gasteiger partial charge on any atom is 0.227 e. The van der Waals surface area contributed by atoms with Gasteiger partial charge in [0.25, 0.3) is 0 Å². The van der Waals surface area contributed by atoms with Crippen LogP contribution in [-0.2, 0) is 36.0 Å². The summed E-state index contributed by atoms with van der Waals surface area (Å²) in [6.07, 6.45) is 1.32. The van der Waals surface area contributed by atoms with Crippen molar-refractivity contribution in [2.24, 2.45) is 5.18 Å². The molecule has 8 nitrogen and oxygen atoms in total. The monoisotopic (exact) mass is 453 g/mol. The van der Waals surface area contributed by atoms with Gasteiger partial charge < -0.3 is 9.15 Å². The average Bonchev–Trinajstić information content (AvgIpc) is 3.20. The molecule has 166 valence electrons. The van der Waals surface area contributed by atoms with Crippen molar-refractivity contribution in [1.82, 2.24) is 4.90 Å². The lowest BCUT2D eigenvalue weighted by Gasteiger charge is -2.14. The van der Waals surface area contributed by atoms with E-state index in [9.17, 15) is 13.9 Å². The number of ether oxygens (including phenoxy) is 1. The molecule has 0 radical (unpaired) electrons. The fourth-order valence-electron chi connectivity index (χ4n) is 3.60. The van der Waals surface area contributed by atoms with Crippen LogP contribution >= 0.6 is 0 Å². The number of nitroso groups, excluding NO2 is 1. The van der Waals surface area contributed by atoms with E-state index in [1.807, 2.05) is 6.07 Å². The van der Waals surface area contributed by atoms with Crippen LogP contribution in [0.5, 0.6) is 5.75 Å². The highest BCUT2D eigenvalue weighted by atomic mass is 32.2. The molecular weight excluding hydrogens is 430 g/mol. The normalized spacial score (nSPS) is 15.2. The minimum Gasteiger partial charge on any atom is -0.482 e. The zero-order chi connectivity index (χ0) is 22.7. The first kappa shape index (κ1) is 21.9. The smallest absolute Gasteiger partial charge is 0.227 e. The van der Waals surface area contributed by atoms with Crippen molar-refractivity contribution < 1.29 is 13.4 Å². The Hall–Kier alpha value is -3.30. The number of benzene rings is 2. The first-order valence-corrected chi connectivity index (χ1v) is 11.9. The van der Waals surface area contributed by atoms with Crippen LogP contribution in [0, 0.1) is 9.69 Å². The third kappa shape index (κ3) is 4.79. The number of nitrogens with zero attached hydrogens (tertiary/aromatic N) is 2. The van der Waals surface area contributed by atoms with Gasteiger partial charge in [0.15, 0.2) is 0 Å². The predicted molar refractivity (Wildman–Crippen MR) is 120 cm³/mol. The molecule has 2 aromatic carbocycles. The molecule has 0 bridgehead atoms. The van der Waals surface area contributed by atoms with Crippen molar-refractivity contribution in [3.05, 3.63) is 92.4 Å². The maximum atomic E-state index is 12.4. The van der Waals surface area contributed by atoms with Gasteiger partial charge in [0.2, 0.25) is 11.2 Å². The number of nitrogens with one attached hydrogen (secondary N) is 1. The summed E-state index contributed by atoms with van der Waals surface area (Å²) in [4.78, 5) is 25.8. The summed E-state index contributed by atoms with van der Waals surface area (Å²) in [6, 6.07) is 13.6. The number of hydrogen-bond acceptors (Lipinski definition) is 8. The van der Waals surface area contributed by atoms with Crippen LogP contribution in [0.25, 0.3) is 0 Å². The standard InChI is InChI=1S/C23H23N3O5S/c1-2-32(24,29)21-7-3-16(4-8-21)14-31-23-15-30-20(10-22(23)27)13-26-11-17-5-6-19(25-28)9-18(17)12-26/h3-10,15,24H,2,11-14H2,1H3. The van der Waals surface area contributed by atoms with E-state index in [0.29, 0.717) is 36.0 Å². The second kappa shape index (κ2) is 9.05. The molecule has 1 aromatic heterocycles. The van der Waals surface area contributed by atoms with Crippen molar-refractivity contribution in [2.75, 3.05) is 5.75 Å². The number of fused-ring (bicyclic) bond motifs is 1. The Balaban J connectivity index is 1.37. The molecular formula is C23H23N3O5S. The Morgan fingerprint density at radius 3 is 2.56 bits per heavy atom. The van der Waals surface area contributed by atoms with Crippen molar-refractivity contribution in [1.29, 1.82) is 4.78 Å². The Kier molecular flexibility index (Phi) is 6.20. The molecule has 4 rings (SSSR count). The first-order chi connectivity index (χ1) is 15.4. The van der Waals surface area contributed by atoms with Gasteiger partial charge in [0, 0.05) is 29.8 Å². The minimum absolute atomic E-state index is 0.113. The van der Waals surface area contributed by atoms with E-state index in [2.05, 4.69) is 10.1 Å². The maximum absolute atomic E-state index is 12.4. The summed E-state index contributed by atoms with van der Waals surface area (Å²) in [5, 5.41) is 2.97. The van der Waals surface area contributed by atoms with Gasteiger partial charge in [-0.3, -0.25) is 9.69 Å². The largest absolute Gasteiger partial charge is 0.482 e. The van der Waals surface area contributed by atoms with Crippen molar-refractivity contribution >= 4 is 15.4 Å². The second-order valence-corrected chi connectivity index (χ2v) is 10.1. The van der Waals surface area contributed by atoms with Gasteiger partial charge in [-0.15, -0.1) is 4.91 Å². The third-order valence-corrected chi connectivity index (χ3v) is 7.27. The molecule has 1 atom stereocenters. The fraction of sp³-hybridized carbons (Fsp3) is 0.261. The van der Waals surface area contributed by atoms with Gasteiger partial charge in [-0.2, -0.15) is 0 Å². The van der Waals surface area contributed by atoms with Crippen LogP contribution in [0.1, 0.15) is 29.4 Å². The average molecular weight is 454 g/mol. The van der Waals surface area contributed by atoms with Gasteiger partial charge in [-0.25, -0.2) is 8.99 Å². The van der Waals surface area contributed by atoms with E-state index in [-0.39, 0.29) is 23.5 Å². The van der Waals surface area contributed by atoms with Crippen molar-refractivity contribution in [3.63, 3.8) is 0 Å². The van der Waals surface area contributed by atoms with E-state index in [4.69, 9.17) is 13.9 Å². The molecule has 0 spiro atoms. The van der Waals surface area contributed by atoms with Crippen molar-refractivity contribution in [3.8, 4) is 5.75 Å². The molecule has 0 aliphatic carbocycles. The van der Waals surface area contributed by atoms with Crippen LogP contribution < -0.4 is 10.2 Å². The van der Waals surface area contributed by atoms with Crippen LogP contribution in [0.15, 0.2) is 74.1 Å². The molecule has 1 N–H and O–H groups in total. The topological polar surface area (TPSA) is 113 Å². The summed E-state index contributed by atoms with van der Waals surface area (Å²) in [6.45, 7) is 3.69. The molecule has 0 saturated carbocycles. The summed E-state index contributed by atoms with van der Waals surface area (Å²) >= 11 is 0. The molecule has 1 aliphatic rings. The summed E-state index contributed by atoms with van der Waals surface area (Å²) in [5.41, 5.74) is 3.11. The Morgan fingerprint density at radius 1 is 1.12 bits per heavy atom. The first-order valence-electron chi connectivity index (χ1n) is 10.2. The van der Waals surface area contributed by atoms with E-state index >= 15 is 0 Å². The minimum atomic E-state index is -2.75. The predicted octanol–water partition coefficient (Wildman–Crippen LogP) is 4.56. The second-order valence-electron chi connectivity index (χ2n) is 7.66. The molecule has 0 fully saturated rings. The Labute approximate surface area is 185 Å². The van der Waals surface area contributed by atoms with Gasteiger partial charge >= 0.3 is 0 Å². The van der Waals surface area contributed by atoms with Gasteiger partial charge in [-0.1, -0.05) is 25.1 Å². The molecule has 32 heavy (non-hydrogen) atoms. The Morgan fingerprint density at radius 2 is 1.88 bits per heavy atom. The van der Waals surface area contributed by atoms with E-state index < -0.39 is 9.73 Å². The lowest BCUT2D eigenvalue weighted by molar-refractivity contribution is 0.241. The molecule has 9 heteroatoms. The van der Waals surface area contributed by atoms with Gasteiger partial charge in [-0.05, 0) is 46.1 Å². The summed E-state index contributed by atoms with van der Waals surface area (Å²) < 4.78 is 31.1. The lowest BCUT2D eigenvalue weighted by Crippen LogP contribution is -2.17. The van der Waals surface area contributed by atoms with Crippen LogP contribution in [0.3, 0.4) is 0 Å². The summed E-state index contributed by atoms with van der Waals surface area (Å²) in [7, 11) is -2.75. The van der Waals surface area contributed by atoms with Crippen LogP contribution in [-0.4, -0.2) is 14.9 Å². The van der Waals surface area contributed by atoms with Crippen LogP contribution in [0.2, 0.25) is 0 Å². The summed E-state index contributed by atoms with van der Waals surface area (Å²) in [5.74, 6) is 0.900. The van der Waals surface area contributed by atoms with Crippen molar-refractivity contribution in [2.45, 2.75) is 38.1 Å². The highest BCUT2D eigenvalue weighted by Gasteiger charge is 2.20. The SMILES string of the molecule is CCS(=N)(=O)c1ccc(COc2coc(CN3Cc4ccc(N=O)cc4C3)cc2=O)cc1. The molecule has 0 amide bonds. The molecule has 2 heterocycles. The molecule has 1 unspecified atom stereocenters. The van der Waals surface area contributed by atoms with Crippen LogP contribution in [0.4, 0.5) is 5.69 Å². The van der Waals surface area contributed by atoms with Gasteiger partial charge in [0.1, 0.15) is 24.3 Å². The van der Waals surface area contributed by atoms with E-state index in [0.717, 1.165) is 16.7 Å². The number of hydrogen-bond donors (Lipinski definition) is 1. The van der Waals surface area contributed by atoms with E-state index in [1.54, 1.807) is 43.3 Å². The fourth-order valence-corrected chi connectivity index (χ4v) is 4.51. The molecule has 1 aliphatic heterocycles. The quantitative estimate of drug-likeness (QED) is 0.500. The molecule has 3 aromatic rings. The molecule has 0 saturated heterocycles. The Bertz CT molecular complexity index is 1300. The zero-order valence-electron chi connectivity index (χ0n) is 17.6. The van der Waals surface area contributed by atoms with E-state index in [1.165, 1.54) is 12.3 Å². The lowest BCUT2D eigenvalue weighted by atomic mass is 10.1. The zero-order valence-corrected chi connectivity index (χ0v) is 18.4. The third-order valence-electron chi connectivity index (χ3n) is 5.42.